The van der Waals surface area contributed by atoms with Gasteiger partial charge in [-0.15, -0.1) is 0 Å². The summed E-state index contributed by atoms with van der Waals surface area (Å²) in [6.45, 7) is 3.08. The molecule has 72 valence electrons. The quantitative estimate of drug-likeness (QED) is 0.590. The molecule has 0 amide bonds. The number of carboxylic acid groups (broad SMARTS) is 1. The molecular formula is C7H14O4S. The lowest BCUT2D eigenvalue weighted by molar-refractivity contribution is -0.133. The lowest BCUT2D eigenvalue weighted by Crippen LogP contribution is -2.13. The summed E-state index contributed by atoms with van der Waals surface area (Å²) in [4.78, 5) is 10.1. The molecule has 0 aliphatic carbocycles. The van der Waals surface area contributed by atoms with Gasteiger partial charge >= 0.3 is 5.97 Å². The fourth-order valence-electron chi connectivity index (χ4n) is 0.676. The molecule has 0 saturated heterocycles. The first kappa shape index (κ1) is 11.6. The maximum atomic E-state index is 10.9. The molecule has 0 saturated carbocycles. The maximum Gasteiger partial charge on any atom is 0.316 e. The van der Waals surface area contributed by atoms with Gasteiger partial charge in [0.05, 0.1) is 0 Å². The zero-order chi connectivity index (χ0) is 9.40. The molecule has 0 aromatic carbocycles. The van der Waals surface area contributed by atoms with Gasteiger partial charge in [-0.05, 0) is 13.3 Å². The van der Waals surface area contributed by atoms with Crippen LogP contribution in [-0.2, 0) is 20.3 Å². The van der Waals surface area contributed by atoms with Crippen LogP contribution in [0.4, 0.5) is 0 Å². The van der Waals surface area contributed by atoms with Crippen molar-refractivity contribution >= 4 is 16.8 Å². The van der Waals surface area contributed by atoms with E-state index in [-0.39, 0.29) is 5.75 Å². The van der Waals surface area contributed by atoms with Gasteiger partial charge in [0.2, 0.25) is 0 Å². The molecular weight excluding hydrogens is 180 g/mol. The van der Waals surface area contributed by atoms with Crippen molar-refractivity contribution in [1.29, 1.82) is 0 Å². The molecule has 0 fully saturated rings. The molecule has 0 bridgehead atoms. The van der Waals surface area contributed by atoms with E-state index in [1.54, 1.807) is 0 Å². The van der Waals surface area contributed by atoms with Crippen LogP contribution < -0.4 is 0 Å². The van der Waals surface area contributed by atoms with Crippen molar-refractivity contribution in [2.24, 2.45) is 0 Å². The molecule has 1 N–H and O–H groups in total. The second-order valence-electron chi connectivity index (χ2n) is 2.23. The molecule has 1 unspecified atom stereocenters. The largest absolute Gasteiger partial charge is 0.481 e. The third-order valence-electron chi connectivity index (χ3n) is 1.15. The molecule has 0 spiro atoms. The van der Waals surface area contributed by atoms with Gasteiger partial charge in [0.15, 0.2) is 0 Å². The lowest BCUT2D eigenvalue weighted by Gasteiger charge is -1.99. The molecule has 0 rings (SSSR count). The standard InChI is InChI=1S/C7H14O4S/c1-2-11-4-3-5-12(10)6-7(8)9/h2-6H2,1H3,(H,8,9). The van der Waals surface area contributed by atoms with Crippen molar-refractivity contribution in [2.45, 2.75) is 13.3 Å². The number of carboxylic acids is 1. The molecule has 4 nitrogen and oxygen atoms in total. The third-order valence-corrected chi connectivity index (χ3v) is 2.46. The minimum Gasteiger partial charge on any atom is -0.481 e. The molecule has 0 heterocycles. The van der Waals surface area contributed by atoms with Gasteiger partial charge in [0.1, 0.15) is 5.75 Å². The van der Waals surface area contributed by atoms with E-state index in [9.17, 15) is 9.00 Å². The van der Waals surface area contributed by atoms with Crippen LogP contribution in [0.2, 0.25) is 0 Å². The smallest absolute Gasteiger partial charge is 0.316 e. The second-order valence-corrected chi connectivity index (χ2v) is 3.81. The monoisotopic (exact) mass is 194 g/mol. The van der Waals surface area contributed by atoms with Crippen LogP contribution in [0.3, 0.4) is 0 Å². The SMILES string of the molecule is CCOCCCS(=O)CC(=O)O. The van der Waals surface area contributed by atoms with Crippen LogP contribution in [0.1, 0.15) is 13.3 Å². The Morgan fingerprint density at radius 2 is 2.25 bits per heavy atom. The summed E-state index contributed by atoms with van der Waals surface area (Å²) >= 11 is 0. The zero-order valence-corrected chi connectivity index (χ0v) is 7.93. The number of aliphatic carboxylic acids is 1. The van der Waals surface area contributed by atoms with Gasteiger partial charge in [-0.2, -0.15) is 0 Å². The van der Waals surface area contributed by atoms with Gasteiger partial charge in [0.25, 0.3) is 0 Å². The van der Waals surface area contributed by atoms with E-state index in [1.807, 2.05) is 6.92 Å². The highest BCUT2D eigenvalue weighted by Crippen LogP contribution is 1.89. The van der Waals surface area contributed by atoms with E-state index in [0.717, 1.165) is 0 Å². The van der Waals surface area contributed by atoms with Crippen LogP contribution in [0, 0.1) is 0 Å². The van der Waals surface area contributed by atoms with Crippen molar-refractivity contribution in [3.63, 3.8) is 0 Å². The Hall–Kier alpha value is -0.420. The summed E-state index contributed by atoms with van der Waals surface area (Å²) < 4.78 is 15.9. The van der Waals surface area contributed by atoms with Crippen LogP contribution in [0.5, 0.6) is 0 Å². The highest BCUT2D eigenvalue weighted by Gasteiger charge is 2.04. The highest BCUT2D eigenvalue weighted by atomic mass is 32.2. The van der Waals surface area contributed by atoms with Crippen molar-refractivity contribution in [2.75, 3.05) is 24.7 Å². The first-order valence-corrected chi connectivity index (χ1v) is 5.30. The van der Waals surface area contributed by atoms with Crippen molar-refractivity contribution < 1.29 is 18.8 Å². The Bertz CT molecular complexity index is 157. The Morgan fingerprint density at radius 1 is 1.58 bits per heavy atom. The summed E-state index contributed by atoms with van der Waals surface area (Å²) in [6, 6.07) is 0. The Kier molecular flexibility index (Phi) is 6.99. The Morgan fingerprint density at radius 3 is 2.75 bits per heavy atom. The topological polar surface area (TPSA) is 63.6 Å². The second kappa shape index (κ2) is 7.24. The predicted molar refractivity (Wildman–Crippen MR) is 46.6 cm³/mol. The van der Waals surface area contributed by atoms with E-state index in [4.69, 9.17) is 9.84 Å². The third kappa shape index (κ3) is 7.68. The molecule has 0 aliphatic heterocycles. The number of rotatable bonds is 7. The fraction of sp³-hybridized carbons (Fsp3) is 0.857. The molecule has 0 aliphatic rings. The first-order chi connectivity index (χ1) is 5.66. The zero-order valence-electron chi connectivity index (χ0n) is 7.12. The van der Waals surface area contributed by atoms with Gasteiger partial charge in [-0.25, -0.2) is 0 Å². The normalized spacial score (nSPS) is 12.8. The minimum absolute atomic E-state index is 0.258. The minimum atomic E-state index is -1.23. The van der Waals surface area contributed by atoms with E-state index >= 15 is 0 Å². The highest BCUT2D eigenvalue weighted by molar-refractivity contribution is 7.85. The predicted octanol–water partition coefficient (Wildman–Crippen LogP) is 0.246. The maximum absolute atomic E-state index is 10.9. The fourth-order valence-corrected chi connectivity index (χ4v) is 1.54. The van der Waals surface area contributed by atoms with Gasteiger partial charge in [0, 0.05) is 29.8 Å². The molecule has 0 aromatic rings. The summed E-state index contributed by atoms with van der Waals surface area (Å²) in [7, 11) is -1.23. The van der Waals surface area contributed by atoms with Gasteiger partial charge in [-0.1, -0.05) is 0 Å². The Labute approximate surface area is 74.4 Å². The van der Waals surface area contributed by atoms with E-state index < -0.39 is 16.8 Å². The molecule has 5 heteroatoms. The van der Waals surface area contributed by atoms with E-state index in [0.29, 0.717) is 25.4 Å². The van der Waals surface area contributed by atoms with Crippen molar-refractivity contribution in [1.82, 2.24) is 0 Å². The summed E-state index contributed by atoms with van der Waals surface area (Å²) in [5.74, 6) is -0.858. The molecule has 12 heavy (non-hydrogen) atoms. The average molecular weight is 194 g/mol. The van der Waals surface area contributed by atoms with Crippen LogP contribution in [0.25, 0.3) is 0 Å². The van der Waals surface area contributed by atoms with Crippen molar-refractivity contribution in [3.8, 4) is 0 Å². The van der Waals surface area contributed by atoms with Gasteiger partial charge in [-0.3, -0.25) is 9.00 Å². The number of carbonyl (C=O) groups is 1. The summed E-state index contributed by atoms with van der Waals surface area (Å²) in [5.41, 5.74) is 0. The van der Waals surface area contributed by atoms with E-state index in [1.165, 1.54) is 0 Å². The number of hydrogen-bond acceptors (Lipinski definition) is 3. The van der Waals surface area contributed by atoms with Crippen LogP contribution in [0.15, 0.2) is 0 Å². The lowest BCUT2D eigenvalue weighted by atomic mass is 10.5. The summed E-state index contributed by atoms with van der Waals surface area (Å²) in [5, 5.41) is 8.26. The average Bonchev–Trinajstić information content (AvgIpc) is 1.97. The first-order valence-electron chi connectivity index (χ1n) is 3.81. The molecule has 1 atom stereocenters. The number of hydrogen-bond donors (Lipinski definition) is 1. The van der Waals surface area contributed by atoms with Crippen LogP contribution in [-0.4, -0.2) is 40.0 Å². The summed E-state index contributed by atoms with van der Waals surface area (Å²) in [6.07, 6.45) is 0.660. The van der Waals surface area contributed by atoms with Crippen LogP contribution >= 0.6 is 0 Å². The van der Waals surface area contributed by atoms with E-state index in [2.05, 4.69) is 0 Å². The molecule has 0 aromatic heterocycles. The van der Waals surface area contributed by atoms with Gasteiger partial charge < -0.3 is 9.84 Å². The molecule has 0 radical (unpaired) electrons. The van der Waals surface area contributed by atoms with Crippen molar-refractivity contribution in [3.05, 3.63) is 0 Å². The Balaban J connectivity index is 3.26. The number of ether oxygens (including phenoxy) is 1.